The number of nitrogens with zero attached hydrogens (tertiary/aromatic N) is 2. The van der Waals surface area contributed by atoms with Crippen molar-refractivity contribution in [1.29, 1.82) is 0 Å². The molecular weight excluding hydrogens is 434 g/mol. The summed E-state index contributed by atoms with van der Waals surface area (Å²) < 4.78 is 11.1. The van der Waals surface area contributed by atoms with Crippen molar-refractivity contribution in [3.05, 3.63) is 112 Å². The fraction of sp³-hybridized carbons (Fsp3) is 0.0769. The lowest BCUT2D eigenvalue weighted by molar-refractivity contribution is -0.384. The lowest BCUT2D eigenvalue weighted by atomic mass is 10.1. The highest BCUT2D eigenvalue weighted by Crippen LogP contribution is 2.26. The number of non-ortho nitro benzene ring substituents is 1. The maximum absolute atomic E-state index is 12.6. The van der Waals surface area contributed by atoms with Crippen LogP contribution in [0.25, 0.3) is 10.8 Å². The molecule has 0 saturated carbocycles. The minimum Gasteiger partial charge on any atom is -0.496 e. The predicted molar refractivity (Wildman–Crippen MR) is 129 cm³/mol. The molecule has 1 amide bonds. The topological polar surface area (TPSA) is 103 Å². The van der Waals surface area contributed by atoms with Crippen molar-refractivity contribution in [1.82, 2.24) is 5.43 Å². The van der Waals surface area contributed by atoms with Crippen LogP contribution in [0.4, 0.5) is 5.69 Å². The second-order valence-corrected chi connectivity index (χ2v) is 7.38. The fourth-order valence-corrected chi connectivity index (χ4v) is 3.37. The van der Waals surface area contributed by atoms with Gasteiger partial charge in [-0.15, -0.1) is 0 Å². The van der Waals surface area contributed by atoms with Gasteiger partial charge in [0.05, 0.1) is 23.8 Å². The van der Waals surface area contributed by atoms with Gasteiger partial charge in [-0.05, 0) is 58.3 Å². The summed E-state index contributed by atoms with van der Waals surface area (Å²) in [6.07, 6.45) is 1.52. The summed E-state index contributed by atoms with van der Waals surface area (Å²) in [6.45, 7) is 0.207. The van der Waals surface area contributed by atoms with E-state index in [9.17, 15) is 14.9 Å². The van der Waals surface area contributed by atoms with E-state index in [2.05, 4.69) is 10.5 Å². The molecule has 0 heterocycles. The fourth-order valence-electron chi connectivity index (χ4n) is 3.37. The van der Waals surface area contributed by atoms with Crippen LogP contribution in [-0.4, -0.2) is 24.2 Å². The number of ether oxygens (including phenoxy) is 2. The SMILES string of the molecule is COc1cc2ccccc2cc1C(=O)NN=Cc1ccc(OCc2cccc([N+](=O)[O-])c2)cc1. The molecule has 4 rings (SSSR count). The van der Waals surface area contributed by atoms with Gasteiger partial charge in [-0.25, -0.2) is 5.43 Å². The summed E-state index contributed by atoms with van der Waals surface area (Å²) >= 11 is 0. The highest BCUT2D eigenvalue weighted by Gasteiger charge is 2.13. The Morgan fingerprint density at radius 1 is 1.00 bits per heavy atom. The third-order valence-corrected chi connectivity index (χ3v) is 5.10. The molecule has 4 aromatic carbocycles. The highest BCUT2D eigenvalue weighted by atomic mass is 16.6. The number of hydrogen-bond acceptors (Lipinski definition) is 6. The molecule has 0 fully saturated rings. The summed E-state index contributed by atoms with van der Waals surface area (Å²) in [4.78, 5) is 23.1. The number of fused-ring (bicyclic) bond motifs is 1. The largest absolute Gasteiger partial charge is 0.496 e. The number of benzene rings is 4. The predicted octanol–water partition coefficient (Wildman–Crippen LogP) is 5.10. The molecule has 0 aliphatic carbocycles. The van der Waals surface area contributed by atoms with Crippen molar-refractivity contribution in [3.63, 3.8) is 0 Å². The molecule has 8 nitrogen and oxygen atoms in total. The molecule has 170 valence electrons. The third kappa shape index (κ3) is 5.36. The molecule has 0 aliphatic heterocycles. The Labute approximate surface area is 195 Å². The van der Waals surface area contributed by atoms with Crippen LogP contribution in [0, 0.1) is 10.1 Å². The standard InChI is InChI=1S/C26H21N3O5/c1-33-25-15-21-7-3-2-6-20(21)14-24(25)26(30)28-27-16-18-9-11-23(12-10-18)34-17-19-5-4-8-22(13-19)29(31)32/h2-16H,17H2,1H3,(H,28,30). The molecule has 0 unspecified atom stereocenters. The first-order chi connectivity index (χ1) is 16.5. The second kappa shape index (κ2) is 10.3. The number of nitrogens with one attached hydrogen (secondary N) is 1. The number of amides is 1. The number of carbonyl (C=O) groups is 1. The van der Waals surface area contributed by atoms with E-state index in [1.165, 1.54) is 25.5 Å². The molecule has 34 heavy (non-hydrogen) atoms. The third-order valence-electron chi connectivity index (χ3n) is 5.10. The van der Waals surface area contributed by atoms with Gasteiger partial charge in [0.15, 0.2) is 0 Å². The number of carbonyl (C=O) groups excluding carboxylic acids is 1. The number of hydrogen-bond donors (Lipinski definition) is 1. The van der Waals surface area contributed by atoms with Crippen molar-refractivity contribution in [3.8, 4) is 11.5 Å². The average molecular weight is 455 g/mol. The summed E-state index contributed by atoms with van der Waals surface area (Å²) in [5.41, 5.74) is 4.40. The van der Waals surface area contributed by atoms with E-state index in [1.54, 1.807) is 42.5 Å². The molecule has 0 saturated heterocycles. The summed E-state index contributed by atoms with van der Waals surface area (Å²) in [7, 11) is 1.52. The zero-order valence-corrected chi connectivity index (χ0v) is 18.3. The lowest BCUT2D eigenvalue weighted by Gasteiger charge is -2.09. The Balaban J connectivity index is 1.36. The van der Waals surface area contributed by atoms with E-state index < -0.39 is 4.92 Å². The molecule has 0 radical (unpaired) electrons. The van der Waals surface area contributed by atoms with E-state index >= 15 is 0 Å². The van der Waals surface area contributed by atoms with Gasteiger partial charge in [-0.2, -0.15) is 5.10 Å². The van der Waals surface area contributed by atoms with Crippen LogP contribution in [0.15, 0.2) is 90.0 Å². The van der Waals surface area contributed by atoms with Crippen molar-refractivity contribution in [2.75, 3.05) is 7.11 Å². The molecule has 8 heteroatoms. The molecule has 0 aliphatic rings. The Hall–Kier alpha value is -4.72. The van der Waals surface area contributed by atoms with E-state index in [0.29, 0.717) is 22.6 Å². The van der Waals surface area contributed by atoms with Gasteiger partial charge in [0.1, 0.15) is 18.1 Å². The maximum Gasteiger partial charge on any atom is 0.275 e. The second-order valence-electron chi connectivity index (χ2n) is 7.38. The monoisotopic (exact) mass is 455 g/mol. The summed E-state index contributed by atoms with van der Waals surface area (Å²) in [5.74, 6) is 0.695. The molecule has 0 bridgehead atoms. The van der Waals surface area contributed by atoms with Crippen molar-refractivity contribution >= 4 is 28.6 Å². The number of nitro benzene ring substituents is 1. The van der Waals surface area contributed by atoms with Gasteiger partial charge in [-0.3, -0.25) is 14.9 Å². The first-order valence-corrected chi connectivity index (χ1v) is 10.4. The first-order valence-electron chi connectivity index (χ1n) is 10.4. The van der Waals surface area contributed by atoms with Crippen LogP contribution >= 0.6 is 0 Å². The van der Waals surface area contributed by atoms with Crippen molar-refractivity contribution < 1.29 is 19.2 Å². The van der Waals surface area contributed by atoms with Crippen LogP contribution in [-0.2, 0) is 6.61 Å². The molecule has 4 aromatic rings. The molecule has 0 atom stereocenters. The minimum atomic E-state index is -0.438. The molecule has 1 N–H and O–H groups in total. The van der Waals surface area contributed by atoms with Gasteiger partial charge < -0.3 is 9.47 Å². The van der Waals surface area contributed by atoms with E-state index in [0.717, 1.165) is 16.3 Å². The van der Waals surface area contributed by atoms with Crippen LogP contribution in [0.5, 0.6) is 11.5 Å². The molecule has 0 aromatic heterocycles. The van der Waals surface area contributed by atoms with Crippen LogP contribution < -0.4 is 14.9 Å². The highest BCUT2D eigenvalue weighted by molar-refractivity contribution is 6.01. The zero-order chi connectivity index (χ0) is 23.9. The Morgan fingerprint density at radius 3 is 2.44 bits per heavy atom. The maximum atomic E-state index is 12.6. The van der Waals surface area contributed by atoms with E-state index in [4.69, 9.17) is 9.47 Å². The van der Waals surface area contributed by atoms with Crippen LogP contribution in [0.2, 0.25) is 0 Å². The van der Waals surface area contributed by atoms with Gasteiger partial charge in [0.25, 0.3) is 11.6 Å². The smallest absolute Gasteiger partial charge is 0.275 e. The first kappa shape index (κ1) is 22.5. The summed E-state index contributed by atoms with van der Waals surface area (Å²) in [6, 6.07) is 24.7. The van der Waals surface area contributed by atoms with Gasteiger partial charge >= 0.3 is 0 Å². The molecular formula is C26H21N3O5. The normalized spacial score (nSPS) is 10.9. The lowest BCUT2D eigenvalue weighted by Crippen LogP contribution is -2.18. The number of hydrazone groups is 1. The Morgan fingerprint density at radius 2 is 1.74 bits per heavy atom. The quantitative estimate of drug-likeness (QED) is 0.226. The Bertz CT molecular complexity index is 1370. The number of rotatable bonds is 8. The van der Waals surface area contributed by atoms with Gasteiger partial charge in [0.2, 0.25) is 0 Å². The van der Waals surface area contributed by atoms with E-state index in [1.807, 2.05) is 30.3 Å². The van der Waals surface area contributed by atoms with Crippen molar-refractivity contribution in [2.24, 2.45) is 5.10 Å². The van der Waals surface area contributed by atoms with Gasteiger partial charge in [-0.1, -0.05) is 36.4 Å². The molecule has 0 spiro atoms. The number of nitro groups is 1. The van der Waals surface area contributed by atoms with Crippen molar-refractivity contribution in [2.45, 2.75) is 6.61 Å². The Kier molecular flexibility index (Phi) is 6.78. The van der Waals surface area contributed by atoms with Crippen LogP contribution in [0.3, 0.4) is 0 Å². The minimum absolute atomic E-state index is 0.0241. The van der Waals surface area contributed by atoms with Crippen LogP contribution in [0.1, 0.15) is 21.5 Å². The van der Waals surface area contributed by atoms with E-state index in [-0.39, 0.29) is 18.2 Å². The number of methoxy groups -OCH3 is 1. The average Bonchev–Trinajstić information content (AvgIpc) is 2.87. The van der Waals surface area contributed by atoms with Gasteiger partial charge in [0, 0.05) is 12.1 Å². The zero-order valence-electron chi connectivity index (χ0n) is 18.3. The summed E-state index contributed by atoms with van der Waals surface area (Å²) in [5, 5.41) is 16.8.